The van der Waals surface area contributed by atoms with Crippen LogP contribution in [0.1, 0.15) is 12.5 Å². The van der Waals surface area contributed by atoms with E-state index in [1.165, 1.54) is 0 Å². The van der Waals surface area contributed by atoms with Gasteiger partial charge in [0.1, 0.15) is 11.9 Å². The normalized spacial score (nSPS) is 17.6. The van der Waals surface area contributed by atoms with Crippen LogP contribution in [0.4, 0.5) is 0 Å². The zero-order valence-electron chi connectivity index (χ0n) is 10.4. The molecule has 0 aromatic heterocycles. The molecule has 0 N–H and O–H groups in total. The number of ether oxygens (including phenoxy) is 2. The number of esters is 1. The molecule has 0 radical (unpaired) electrons. The molecule has 0 aliphatic carbocycles. The Labute approximate surface area is 110 Å². The van der Waals surface area contributed by atoms with Gasteiger partial charge in [-0.1, -0.05) is 29.4 Å². The lowest BCUT2D eigenvalue weighted by Crippen LogP contribution is -2.37. The summed E-state index contributed by atoms with van der Waals surface area (Å²) in [5.41, 5.74) is 9.47. The van der Waals surface area contributed by atoms with Gasteiger partial charge in [0.05, 0.1) is 6.61 Å². The molecule has 2 atom stereocenters. The minimum Gasteiger partial charge on any atom is -0.485 e. The fourth-order valence-electron chi connectivity index (χ4n) is 1.81. The molecule has 1 aromatic rings. The average molecular weight is 259 g/mol. The molecule has 0 bridgehead atoms. The van der Waals surface area contributed by atoms with E-state index in [0.717, 1.165) is 5.56 Å². The summed E-state index contributed by atoms with van der Waals surface area (Å²) in [6.45, 7) is 1.92. The van der Waals surface area contributed by atoms with Gasteiger partial charge in [-0.15, -0.1) is 0 Å². The summed E-state index contributed by atoms with van der Waals surface area (Å²) in [5.74, 6) is 0.0618. The monoisotopic (exact) mass is 259 g/mol. The number of azide groups is 1. The lowest BCUT2D eigenvalue weighted by Gasteiger charge is -2.24. The van der Waals surface area contributed by atoms with Crippen molar-refractivity contribution >= 4 is 12.0 Å². The maximum absolute atomic E-state index is 11.7. The van der Waals surface area contributed by atoms with Crippen molar-refractivity contribution in [1.29, 1.82) is 0 Å². The highest BCUT2D eigenvalue weighted by atomic mass is 16.5. The summed E-state index contributed by atoms with van der Waals surface area (Å²) < 4.78 is 10.5. The molecule has 0 amide bonds. The molecule has 98 valence electrons. The van der Waals surface area contributed by atoms with Crippen molar-refractivity contribution in [3.05, 3.63) is 46.3 Å². The first-order valence-electron chi connectivity index (χ1n) is 5.91. The Morgan fingerprint density at radius 2 is 2.37 bits per heavy atom. The van der Waals surface area contributed by atoms with E-state index in [4.69, 9.17) is 15.0 Å². The topological polar surface area (TPSA) is 84.3 Å². The maximum Gasteiger partial charge on any atom is 0.319 e. The minimum atomic E-state index is -1.02. The van der Waals surface area contributed by atoms with Gasteiger partial charge < -0.3 is 9.47 Å². The largest absolute Gasteiger partial charge is 0.485 e. The van der Waals surface area contributed by atoms with Gasteiger partial charge in [0.2, 0.25) is 0 Å². The molecule has 1 heterocycles. The van der Waals surface area contributed by atoms with E-state index in [2.05, 4.69) is 10.0 Å². The second-order valence-electron chi connectivity index (χ2n) is 3.88. The van der Waals surface area contributed by atoms with Crippen molar-refractivity contribution in [1.82, 2.24) is 0 Å². The lowest BCUT2D eigenvalue weighted by atomic mass is 10.1. The Bertz CT molecular complexity index is 550. The third-order valence-corrected chi connectivity index (χ3v) is 2.66. The van der Waals surface area contributed by atoms with Crippen LogP contribution in [0.5, 0.6) is 5.75 Å². The quantitative estimate of drug-likeness (QED) is 0.360. The Morgan fingerprint density at radius 3 is 3.11 bits per heavy atom. The Morgan fingerprint density at radius 1 is 1.58 bits per heavy atom. The maximum atomic E-state index is 11.7. The lowest BCUT2D eigenvalue weighted by molar-refractivity contribution is -0.146. The second kappa shape index (κ2) is 5.93. The van der Waals surface area contributed by atoms with Crippen molar-refractivity contribution < 1.29 is 14.3 Å². The number of carbonyl (C=O) groups excluding carboxylic acids is 1. The van der Waals surface area contributed by atoms with Crippen molar-refractivity contribution in [2.75, 3.05) is 6.61 Å². The zero-order valence-corrected chi connectivity index (χ0v) is 10.4. The third kappa shape index (κ3) is 2.86. The molecule has 0 fully saturated rings. The third-order valence-electron chi connectivity index (χ3n) is 2.66. The van der Waals surface area contributed by atoms with Crippen LogP contribution in [-0.4, -0.2) is 24.7 Å². The van der Waals surface area contributed by atoms with Gasteiger partial charge in [0.15, 0.2) is 6.04 Å². The number of fused-ring (bicyclic) bond motifs is 1. The number of hydrogen-bond donors (Lipinski definition) is 0. The Kier molecular flexibility index (Phi) is 4.05. The molecular weight excluding hydrogens is 246 g/mol. The Hall–Kier alpha value is -2.46. The molecule has 6 heteroatoms. The van der Waals surface area contributed by atoms with E-state index in [0.29, 0.717) is 5.75 Å². The predicted molar refractivity (Wildman–Crippen MR) is 69.5 cm³/mol. The van der Waals surface area contributed by atoms with Gasteiger partial charge in [-0.25, -0.2) is 0 Å². The van der Waals surface area contributed by atoms with Crippen LogP contribution in [0.2, 0.25) is 0 Å². The van der Waals surface area contributed by atoms with Crippen molar-refractivity contribution in [2.24, 2.45) is 5.11 Å². The summed E-state index contributed by atoms with van der Waals surface area (Å²) in [6.07, 6.45) is 2.88. The molecule has 6 nitrogen and oxygen atoms in total. The van der Waals surface area contributed by atoms with Gasteiger partial charge in [-0.05, 0) is 24.6 Å². The highest BCUT2D eigenvalue weighted by Crippen LogP contribution is 2.27. The fourth-order valence-corrected chi connectivity index (χ4v) is 1.81. The highest BCUT2D eigenvalue weighted by Gasteiger charge is 2.30. The molecule has 2 unspecified atom stereocenters. The summed E-state index contributed by atoms with van der Waals surface area (Å²) in [7, 11) is 0. The molecule has 0 spiro atoms. The van der Waals surface area contributed by atoms with Crippen LogP contribution in [-0.2, 0) is 9.53 Å². The Balaban J connectivity index is 2.22. The SMILES string of the molecule is CCOC(=O)C(N=[N+]=[N-])C1C=Cc2ccccc2O1. The molecule has 1 aliphatic heterocycles. The number of benzene rings is 1. The molecule has 1 aliphatic rings. The molecule has 2 rings (SSSR count). The van der Waals surface area contributed by atoms with Crippen LogP contribution in [0.15, 0.2) is 35.5 Å². The second-order valence-corrected chi connectivity index (χ2v) is 3.88. The van der Waals surface area contributed by atoms with Crippen molar-refractivity contribution in [2.45, 2.75) is 19.1 Å². The summed E-state index contributed by atoms with van der Waals surface area (Å²) in [5, 5.41) is 3.47. The molecule has 0 saturated carbocycles. The first-order chi connectivity index (χ1) is 9.26. The number of para-hydroxylation sites is 1. The summed E-state index contributed by atoms with van der Waals surface area (Å²) in [4.78, 5) is 14.4. The number of carbonyl (C=O) groups is 1. The zero-order chi connectivity index (χ0) is 13.7. The standard InChI is InChI=1S/C13H13N3O3/c1-2-18-13(17)12(15-16-14)11-8-7-9-5-3-4-6-10(9)19-11/h3-8,11-12H,2H2,1H3. The molecular formula is C13H13N3O3. The average Bonchev–Trinajstić information content (AvgIpc) is 2.44. The van der Waals surface area contributed by atoms with E-state index in [-0.39, 0.29) is 6.61 Å². The van der Waals surface area contributed by atoms with Crippen LogP contribution < -0.4 is 4.74 Å². The number of hydrogen-bond acceptors (Lipinski definition) is 4. The van der Waals surface area contributed by atoms with E-state index >= 15 is 0 Å². The van der Waals surface area contributed by atoms with Gasteiger partial charge in [0, 0.05) is 10.5 Å². The smallest absolute Gasteiger partial charge is 0.319 e. The summed E-state index contributed by atoms with van der Waals surface area (Å²) in [6, 6.07) is 6.40. The van der Waals surface area contributed by atoms with E-state index in [1.54, 1.807) is 19.1 Å². The molecule has 1 aromatic carbocycles. The first-order valence-corrected chi connectivity index (χ1v) is 5.91. The van der Waals surface area contributed by atoms with Crippen molar-refractivity contribution in [3.8, 4) is 5.75 Å². The molecule has 0 saturated heterocycles. The minimum absolute atomic E-state index is 0.225. The van der Waals surface area contributed by atoms with E-state index in [9.17, 15) is 4.79 Å². The van der Waals surface area contributed by atoms with E-state index in [1.807, 2.05) is 24.3 Å². The van der Waals surface area contributed by atoms with Crippen LogP contribution in [0.3, 0.4) is 0 Å². The van der Waals surface area contributed by atoms with Crippen LogP contribution >= 0.6 is 0 Å². The number of rotatable bonds is 4. The van der Waals surface area contributed by atoms with Gasteiger partial charge in [-0.2, -0.15) is 0 Å². The molecule has 19 heavy (non-hydrogen) atoms. The predicted octanol–water partition coefficient (Wildman–Crippen LogP) is 2.70. The fraction of sp³-hybridized carbons (Fsp3) is 0.308. The van der Waals surface area contributed by atoms with Crippen molar-refractivity contribution in [3.63, 3.8) is 0 Å². The van der Waals surface area contributed by atoms with E-state index < -0.39 is 18.1 Å². The summed E-state index contributed by atoms with van der Waals surface area (Å²) >= 11 is 0. The highest BCUT2D eigenvalue weighted by molar-refractivity contribution is 5.78. The van der Waals surface area contributed by atoms with Gasteiger partial charge in [0.25, 0.3) is 0 Å². The van der Waals surface area contributed by atoms with Crippen LogP contribution in [0, 0.1) is 0 Å². The van der Waals surface area contributed by atoms with Gasteiger partial charge in [-0.3, -0.25) is 4.79 Å². The van der Waals surface area contributed by atoms with Gasteiger partial charge >= 0.3 is 5.97 Å². The van der Waals surface area contributed by atoms with Crippen LogP contribution in [0.25, 0.3) is 16.5 Å². The first kappa shape index (κ1) is 13.0. The number of nitrogens with zero attached hydrogens (tertiary/aromatic N) is 3.